The summed E-state index contributed by atoms with van der Waals surface area (Å²) in [6.45, 7) is 0. The topological polar surface area (TPSA) is 76.6 Å². The molecule has 0 amide bonds. The van der Waals surface area contributed by atoms with Gasteiger partial charge in [-0.25, -0.2) is 4.58 Å². The Kier molecular flexibility index (Phi) is 3.68. The average molecular weight is 207 g/mol. The van der Waals surface area contributed by atoms with E-state index < -0.39 is 0 Å². The van der Waals surface area contributed by atoms with Crippen molar-refractivity contribution in [1.82, 2.24) is 0 Å². The molecular formula is C10H15N4O+. The van der Waals surface area contributed by atoms with Crippen molar-refractivity contribution in [3.05, 3.63) is 35.9 Å². The zero-order chi connectivity index (χ0) is 11.3. The van der Waals surface area contributed by atoms with Gasteiger partial charge in [-0.05, 0) is 0 Å². The molecule has 0 saturated carbocycles. The lowest BCUT2D eigenvalue weighted by Crippen LogP contribution is -2.26. The van der Waals surface area contributed by atoms with E-state index in [1.807, 2.05) is 30.3 Å². The third kappa shape index (κ3) is 3.30. The number of hydrogen-bond acceptors (Lipinski definition) is 2. The van der Waals surface area contributed by atoms with Crippen LogP contribution >= 0.6 is 0 Å². The first-order valence-corrected chi connectivity index (χ1v) is 4.47. The normalized spacial score (nSPS) is 10.9. The second kappa shape index (κ2) is 4.99. The lowest BCUT2D eigenvalue weighted by atomic mass is 10.2. The molecule has 5 heteroatoms. The molecule has 0 aliphatic heterocycles. The van der Waals surface area contributed by atoms with Crippen LogP contribution in [0.15, 0.2) is 35.5 Å². The summed E-state index contributed by atoms with van der Waals surface area (Å²) in [5.74, 6) is 0.292. The van der Waals surface area contributed by atoms with Crippen molar-refractivity contribution in [1.29, 1.82) is 0 Å². The van der Waals surface area contributed by atoms with E-state index in [1.165, 1.54) is 0 Å². The molecule has 1 rings (SSSR count). The minimum absolute atomic E-state index is 0.189. The highest BCUT2D eigenvalue weighted by Gasteiger charge is 2.02. The highest BCUT2D eigenvalue weighted by molar-refractivity contribution is 5.97. The van der Waals surface area contributed by atoms with Crippen molar-refractivity contribution in [2.75, 3.05) is 14.1 Å². The van der Waals surface area contributed by atoms with Gasteiger partial charge in [0.25, 0.3) is 0 Å². The van der Waals surface area contributed by atoms with Gasteiger partial charge in [-0.3, -0.25) is 10.6 Å². The molecule has 5 nitrogen and oxygen atoms in total. The summed E-state index contributed by atoms with van der Waals surface area (Å²) in [4.78, 5) is 4.90. The third-order valence-electron chi connectivity index (χ3n) is 1.75. The number of oxime groups is 1. The summed E-state index contributed by atoms with van der Waals surface area (Å²) >= 11 is 0. The monoisotopic (exact) mass is 207 g/mol. The largest absolute Gasteiger partial charge is 0.468 e. The molecule has 0 radical (unpaired) electrons. The van der Waals surface area contributed by atoms with Crippen LogP contribution in [0.2, 0.25) is 0 Å². The van der Waals surface area contributed by atoms with E-state index in [2.05, 4.69) is 5.16 Å². The van der Waals surface area contributed by atoms with E-state index in [0.29, 0.717) is 5.84 Å². The predicted molar refractivity (Wildman–Crippen MR) is 59.6 cm³/mol. The fourth-order valence-electron chi connectivity index (χ4n) is 0.839. The molecule has 0 saturated heterocycles. The minimum Gasteiger partial charge on any atom is -0.380 e. The molecule has 4 N–H and O–H groups in total. The van der Waals surface area contributed by atoms with Gasteiger partial charge in [0.15, 0.2) is 5.84 Å². The highest BCUT2D eigenvalue weighted by atomic mass is 16.6. The quantitative estimate of drug-likeness (QED) is 0.308. The Labute approximate surface area is 88.6 Å². The van der Waals surface area contributed by atoms with E-state index in [-0.39, 0.29) is 6.02 Å². The second-order valence-electron chi connectivity index (χ2n) is 3.17. The first kappa shape index (κ1) is 11.0. The Morgan fingerprint density at radius 3 is 2.33 bits per heavy atom. The van der Waals surface area contributed by atoms with Gasteiger partial charge in [-0.1, -0.05) is 35.5 Å². The van der Waals surface area contributed by atoms with E-state index in [9.17, 15) is 0 Å². The molecule has 0 spiro atoms. The van der Waals surface area contributed by atoms with Gasteiger partial charge in [-0.2, -0.15) is 0 Å². The standard InChI is InChI=1S/C10H14N4O/c1-14(2)10(12)15-13-9(11)8-6-4-3-5-7-8/h3-7,12H,1-2H3,(H2,11,13)/p+1. The number of benzene rings is 1. The summed E-state index contributed by atoms with van der Waals surface area (Å²) in [5.41, 5.74) is 12.0. The van der Waals surface area contributed by atoms with Gasteiger partial charge in [0.1, 0.15) is 0 Å². The van der Waals surface area contributed by atoms with Crippen molar-refractivity contribution >= 4 is 11.9 Å². The fraction of sp³-hybridized carbons (Fsp3) is 0.200. The molecule has 80 valence electrons. The molecule has 1 aromatic rings. The summed E-state index contributed by atoms with van der Waals surface area (Å²) in [5, 5.41) is 3.71. The number of nitrogens with zero attached hydrogens (tertiary/aromatic N) is 2. The zero-order valence-electron chi connectivity index (χ0n) is 8.84. The molecule has 0 aromatic heterocycles. The van der Waals surface area contributed by atoms with Crippen molar-refractivity contribution in [2.24, 2.45) is 16.6 Å². The lowest BCUT2D eigenvalue weighted by molar-refractivity contribution is -0.475. The van der Waals surface area contributed by atoms with Crippen molar-refractivity contribution in [2.45, 2.75) is 0 Å². The molecular weight excluding hydrogens is 192 g/mol. The molecule has 0 atom stereocenters. The summed E-state index contributed by atoms with van der Waals surface area (Å²) in [6, 6.07) is 9.52. The highest BCUT2D eigenvalue weighted by Crippen LogP contribution is 1.97. The van der Waals surface area contributed by atoms with Gasteiger partial charge < -0.3 is 5.73 Å². The molecule has 15 heavy (non-hydrogen) atoms. The second-order valence-corrected chi connectivity index (χ2v) is 3.17. The maximum absolute atomic E-state index is 5.68. The summed E-state index contributed by atoms with van der Waals surface area (Å²) in [6.07, 6.45) is 0. The van der Waals surface area contributed by atoms with Crippen molar-refractivity contribution in [3.63, 3.8) is 0 Å². The Balaban J connectivity index is 2.74. The average Bonchev–Trinajstić information content (AvgIpc) is 2.26. The molecule has 0 aliphatic carbocycles. The van der Waals surface area contributed by atoms with E-state index in [0.717, 1.165) is 5.56 Å². The van der Waals surface area contributed by atoms with Crippen LogP contribution in [-0.2, 0) is 4.84 Å². The smallest absolute Gasteiger partial charge is 0.380 e. The summed E-state index contributed by atoms with van der Waals surface area (Å²) < 4.78 is 1.60. The van der Waals surface area contributed by atoms with Crippen LogP contribution in [0.3, 0.4) is 0 Å². The molecule has 0 bridgehead atoms. The van der Waals surface area contributed by atoms with E-state index >= 15 is 0 Å². The van der Waals surface area contributed by atoms with Crippen molar-refractivity contribution in [3.8, 4) is 0 Å². The number of nitrogens with two attached hydrogens (primary N) is 2. The molecule has 1 aromatic carbocycles. The summed E-state index contributed by atoms with van der Waals surface area (Å²) in [7, 11) is 3.51. The van der Waals surface area contributed by atoms with Gasteiger partial charge in [0.2, 0.25) is 0 Å². The maximum atomic E-state index is 5.68. The Hall–Kier alpha value is -2.04. The van der Waals surface area contributed by atoms with Gasteiger partial charge in [-0.15, -0.1) is 0 Å². The van der Waals surface area contributed by atoms with Crippen molar-refractivity contribution < 1.29 is 9.41 Å². The van der Waals surface area contributed by atoms with Crippen LogP contribution in [0.4, 0.5) is 0 Å². The van der Waals surface area contributed by atoms with Crippen LogP contribution < -0.4 is 11.5 Å². The Morgan fingerprint density at radius 2 is 1.80 bits per heavy atom. The zero-order valence-corrected chi connectivity index (χ0v) is 8.84. The number of rotatable bonds is 2. The molecule has 0 fully saturated rings. The fourth-order valence-corrected chi connectivity index (χ4v) is 0.839. The first-order chi connectivity index (χ1) is 7.11. The number of hydrogen-bond donors (Lipinski definition) is 2. The van der Waals surface area contributed by atoms with Gasteiger partial charge in [0.05, 0.1) is 14.1 Å². The Bertz CT molecular complexity index is 380. The number of amidine groups is 2. The Morgan fingerprint density at radius 1 is 1.20 bits per heavy atom. The first-order valence-electron chi connectivity index (χ1n) is 4.47. The molecule has 0 heterocycles. The van der Waals surface area contributed by atoms with Crippen LogP contribution in [0, 0.1) is 0 Å². The minimum atomic E-state index is 0.189. The van der Waals surface area contributed by atoms with Gasteiger partial charge >= 0.3 is 6.02 Å². The molecule has 0 unspecified atom stereocenters. The van der Waals surface area contributed by atoms with Crippen LogP contribution in [0.5, 0.6) is 0 Å². The lowest BCUT2D eigenvalue weighted by Gasteiger charge is -1.99. The van der Waals surface area contributed by atoms with Crippen LogP contribution in [-0.4, -0.2) is 30.5 Å². The van der Waals surface area contributed by atoms with E-state index in [4.69, 9.17) is 16.3 Å². The van der Waals surface area contributed by atoms with E-state index in [1.54, 1.807) is 18.7 Å². The SMILES string of the molecule is C[N+](C)=C(N)O/N=C(\N)c1ccccc1. The van der Waals surface area contributed by atoms with Gasteiger partial charge in [0, 0.05) is 5.56 Å². The molecule has 0 aliphatic rings. The maximum Gasteiger partial charge on any atom is 0.468 e. The van der Waals surface area contributed by atoms with Crippen LogP contribution in [0.25, 0.3) is 0 Å². The third-order valence-corrected chi connectivity index (χ3v) is 1.75. The van der Waals surface area contributed by atoms with Crippen LogP contribution in [0.1, 0.15) is 5.56 Å². The predicted octanol–water partition coefficient (Wildman–Crippen LogP) is -0.0897.